The number of esters is 1. The van der Waals surface area contributed by atoms with Crippen molar-refractivity contribution in [3.63, 3.8) is 0 Å². The molecular weight excluding hydrogens is 335 g/mol. The summed E-state index contributed by atoms with van der Waals surface area (Å²) in [7, 11) is 1.08. The summed E-state index contributed by atoms with van der Waals surface area (Å²) in [5.74, 6) is -4.26. The third-order valence-corrected chi connectivity index (χ3v) is 3.27. The number of ether oxygens (including phenoxy) is 1. The van der Waals surface area contributed by atoms with Gasteiger partial charge in [0.25, 0.3) is 0 Å². The first-order chi connectivity index (χ1) is 10.9. The number of carbonyl (C=O) groups is 2. The van der Waals surface area contributed by atoms with Gasteiger partial charge in [-0.1, -0.05) is 11.6 Å². The van der Waals surface area contributed by atoms with Gasteiger partial charge in [-0.25, -0.2) is 18.0 Å². The Hall–Kier alpha value is -2.54. The van der Waals surface area contributed by atoms with E-state index in [1.54, 1.807) is 0 Å². The van der Waals surface area contributed by atoms with E-state index in [0.717, 1.165) is 31.4 Å². The monoisotopic (exact) mass is 343 g/mol. The molecule has 1 N–H and O–H groups in total. The van der Waals surface area contributed by atoms with Gasteiger partial charge in [-0.05, 0) is 24.3 Å². The summed E-state index contributed by atoms with van der Waals surface area (Å²) in [6.45, 7) is 0. The molecule has 0 aliphatic carbocycles. The number of carbonyl (C=O) groups excluding carboxylic acids is 2. The average molecular weight is 344 g/mol. The smallest absolute Gasteiger partial charge is 0.340 e. The zero-order chi connectivity index (χ0) is 17.1. The molecule has 0 radical (unpaired) electrons. The fourth-order valence-corrected chi connectivity index (χ4v) is 2.15. The second kappa shape index (κ2) is 6.70. The number of halogens is 4. The molecule has 0 unspecified atom stereocenters. The molecule has 0 fully saturated rings. The fourth-order valence-electron chi connectivity index (χ4n) is 1.90. The lowest BCUT2D eigenvalue weighted by Crippen LogP contribution is -2.09. The van der Waals surface area contributed by atoms with Gasteiger partial charge in [0, 0.05) is 0 Å². The first-order valence-corrected chi connectivity index (χ1v) is 6.54. The number of anilines is 2. The van der Waals surface area contributed by atoms with Crippen LogP contribution in [-0.4, -0.2) is 19.4 Å². The van der Waals surface area contributed by atoms with Gasteiger partial charge in [0.2, 0.25) is 0 Å². The Bertz CT molecular complexity index is 796. The number of benzene rings is 2. The Morgan fingerprint density at radius 3 is 2.57 bits per heavy atom. The van der Waals surface area contributed by atoms with E-state index in [0.29, 0.717) is 0 Å². The van der Waals surface area contributed by atoms with Crippen molar-refractivity contribution >= 4 is 35.2 Å². The lowest BCUT2D eigenvalue weighted by Gasteiger charge is -2.14. The first-order valence-electron chi connectivity index (χ1n) is 6.16. The highest BCUT2D eigenvalue weighted by molar-refractivity contribution is 6.34. The lowest BCUT2D eigenvalue weighted by molar-refractivity contribution is 0.0601. The molecule has 0 atom stereocenters. The second-order valence-electron chi connectivity index (χ2n) is 4.37. The molecular formula is C15H9ClF3NO3. The molecule has 2 aromatic carbocycles. The van der Waals surface area contributed by atoms with Crippen molar-refractivity contribution in [2.75, 3.05) is 12.4 Å². The van der Waals surface area contributed by atoms with Gasteiger partial charge in [0.15, 0.2) is 17.9 Å². The summed E-state index contributed by atoms with van der Waals surface area (Å²) in [5.41, 5.74) is -1.10. The van der Waals surface area contributed by atoms with Gasteiger partial charge in [-0.15, -0.1) is 0 Å². The van der Waals surface area contributed by atoms with Crippen LogP contribution < -0.4 is 5.32 Å². The minimum absolute atomic E-state index is 0.103. The minimum Gasteiger partial charge on any atom is -0.465 e. The first kappa shape index (κ1) is 16.8. The third-order valence-electron chi connectivity index (χ3n) is 2.97. The van der Waals surface area contributed by atoms with Crippen LogP contribution in [0.2, 0.25) is 5.02 Å². The van der Waals surface area contributed by atoms with Crippen molar-refractivity contribution in [2.45, 2.75) is 0 Å². The molecule has 0 amide bonds. The molecule has 0 aliphatic rings. The standard InChI is InChI=1S/C15H9ClF3NO3/c1-23-15(22)8-4-7(17)5-10(16)14(8)20-12-3-2-11(18)13(19)9(12)6-21/h2-6,20H,1H3. The second-order valence-corrected chi connectivity index (χ2v) is 4.77. The van der Waals surface area contributed by atoms with E-state index in [-0.39, 0.29) is 28.2 Å². The Morgan fingerprint density at radius 1 is 1.26 bits per heavy atom. The van der Waals surface area contributed by atoms with Crippen LogP contribution in [0.5, 0.6) is 0 Å². The Kier molecular flexibility index (Phi) is 4.90. The molecule has 2 aromatic rings. The molecule has 0 heterocycles. The SMILES string of the molecule is COC(=O)c1cc(F)cc(Cl)c1Nc1ccc(F)c(F)c1C=O. The highest BCUT2D eigenvalue weighted by atomic mass is 35.5. The number of methoxy groups -OCH3 is 1. The minimum atomic E-state index is -1.36. The summed E-state index contributed by atoms with van der Waals surface area (Å²) >= 11 is 5.89. The zero-order valence-corrected chi connectivity index (χ0v) is 12.4. The molecule has 23 heavy (non-hydrogen) atoms. The van der Waals surface area contributed by atoms with Crippen LogP contribution >= 0.6 is 11.6 Å². The predicted octanol–water partition coefficient (Wildman–Crippen LogP) is 4.10. The molecule has 4 nitrogen and oxygen atoms in total. The molecule has 0 spiro atoms. The van der Waals surface area contributed by atoms with Crippen molar-refractivity contribution in [1.82, 2.24) is 0 Å². The van der Waals surface area contributed by atoms with Crippen molar-refractivity contribution < 1.29 is 27.5 Å². The summed E-state index contributed by atoms with van der Waals surface area (Å²) in [6.07, 6.45) is 0.107. The van der Waals surface area contributed by atoms with Crippen molar-refractivity contribution in [3.05, 3.63) is 57.9 Å². The summed E-state index contributed by atoms with van der Waals surface area (Å²) in [4.78, 5) is 22.7. The van der Waals surface area contributed by atoms with Crippen LogP contribution in [0.3, 0.4) is 0 Å². The van der Waals surface area contributed by atoms with Crippen molar-refractivity contribution in [2.24, 2.45) is 0 Å². The van der Waals surface area contributed by atoms with Gasteiger partial charge in [0.05, 0.1) is 34.6 Å². The summed E-state index contributed by atoms with van der Waals surface area (Å²) < 4.78 is 44.7. The molecule has 0 saturated carbocycles. The topological polar surface area (TPSA) is 55.4 Å². The molecule has 0 bridgehead atoms. The summed E-state index contributed by atoms with van der Waals surface area (Å²) in [5, 5.41) is 2.33. The third kappa shape index (κ3) is 3.29. The molecule has 0 aromatic heterocycles. The quantitative estimate of drug-likeness (QED) is 0.671. The van der Waals surface area contributed by atoms with E-state index in [2.05, 4.69) is 10.1 Å². The van der Waals surface area contributed by atoms with E-state index in [4.69, 9.17) is 11.6 Å². The molecule has 2 rings (SSSR count). The fraction of sp³-hybridized carbons (Fsp3) is 0.0667. The van der Waals surface area contributed by atoms with Crippen LogP contribution in [0.1, 0.15) is 20.7 Å². The highest BCUT2D eigenvalue weighted by Crippen LogP contribution is 2.33. The van der Waals surface area contributed by atoms with Gasteiger partial charge >= 0.3 is 5.97 Å². The molecule has 120 valence electrons. The molecule has 0 aliphatic heterocycles. The number of aldehydes is 1. The maximum atomic E-state index is 13.6. The van der Waals surface area contributed by atoms with Crippen LogP contribution in [0.15, 0.2) is 24.3 Å². The van der Waals surface area contributed by atoms with Gasteiger partial charge < -0.3 is 10.1 Å². The number of hydrogen-bond acceptors (Lipinski definition) is 4. The van der Waals surface area contributed by atoms with Crippen LogP contribution in [0.25, 0.3) is 0 Å². The predicted molar refractivity (Wildman–Crippen MR) is 77.8 cm³/mol. The maximum absolute atomic E-state index is 13.6. The number of rotatable bonds is 4. The van der Waals surface area contributed by atoms with E-state index in [1.807, 2.05) is 0 Å². The van der Waals surface area contributed by atoms with Crippen LogP contribution in [0.4, 0.5) is 24.5 Å². The van der Waals surface area contributed by atoms with E-state index >= 15 is 0 Å². The largest absolute Gasteiger partial charge is 0.465 e. The molecule has 0 saturated heterocycles. The van der Waals surface area contributed by atoms with E-state index < -0.39 is 29.0 Å². The number of hydrogen-bond donors (Lipinski definition) is 1. The summed E-state index contributed by atoms with van der Waals surface area (Å²) in [6, 6.07) is 3.65. The normalized spacial score (nSPS) is 10.3. The van der Waals surface area contributed by atoms with E-state index in [9.17, 15) is 22.8 Å². The van der Waals surface area contributed by atoms with Gasteiger partial charge in [-0.3, -0.25) is 4.79 Å². The van der Waals surface area contributed by atoms with Crippen molar-refractivity contribution in [1.29, 1.82) is 0 Å². The Morgan fingerprint density at radius 2 is 1.96 bits per heavy atom. The van der Waals surface area contributed by atoms with Gasteiger partial charge in [0.1, 0.15) is 5.82 Å². The van der Waals surface area contributed by atoms with Gasteiger partial charge in [-0.2, -0.15) is 0 Å². The molecule has 8 heteroatoms. The Labute approximate surface area is 133 Å². The maximum Gasteiger partial charge on any atom is 0.340 e. The lowest BCUT2D eigenvalue weighted by atomic mass is 10.1. The zero-order valence-electron chi connectivity index (χ0n) is 11.6. The Balaban J connectivity index is 2.59. The number of nitrogens with one attached hydrogen (secondary N) is 1. The van der Waals surface area contributed by atoms with Crippen LogP contribution in [0, 0.1) is 17.5 Å². The van der Waals surface area contributed by atoms with Crippen LogP contribution in [-0.2, 0) is 4.74 Å². The van der Waals surface area contributed by atoms with Crippen molar-refractivity contribution in [3.8, 4) is 0 Å². The highest BCUT2D eigenvalue weighted by Gasteiger charge is 2.20. The average Bonchev–Trinajstić information content (AvgIpc) is 2.52. The van der Waals surface area contributed by atoms with E-state index in [1.165, 1.54) is 0 Å².